The maximum absolute atomic E-state index is 12.5. The molecule has 0 heterocycles. The SMILES string of the molecule is CCOC(=O)/C(=C\c1ccccc1)C1C(=O)CC(C)(C)CC1=O. The Hall–Kier alpha value is -2.23. The Bertz CT molecular complexity index is 621. The Balaban J connectivity index is 2.42. The zero-order valence-electron chi connectivity index (χ0n) is 13.8. The van der Waals surface area contributed by atoms with Crippen LogP contribution in [-0.2, 0) is 19.1 Å². The fraction of sp³-hybridized carbons (Fsp3) is 0.421. The number of Topliss-reactive ketones (excluding diaryl/α,β-unsaturated/α-hetero) is 2. The van der Waals surface area contributed by atoms with Crippen molar-refractivity contribution in [3.05, 3.63) is 41.5 Å². The molecule has 1 aromatic rings. The molecule has 0 atom stereocenters. The molecule has 0 bridgehead atoms. The third-order valence-corrected chi connectivity index (χ3v) is 3.89. The van der Waals surface area contributed by atoms with Gasteiger partial charge in [0.15, 0.2) is 0 Å². The summed E-state index contributed by atoms with van der Waals surface area (Å²) in [4.78, 5) is 37.3. The third kappa shape index (κ3) is 4.15. The first-order valence-electron chi connectivity index (χ1n) is 7.83. The van der Waals surface area contributed by atoms with Crippen LogP contribution in [0, 0.1) is 11.3 Å². The molecule has 0 radical (unpaired) electrons. The predicted octanol–water partition coefficient (Wildman–Crippen LogP) is 3.21. The second-order valence-electron chi connectivity index (χ2n) is 6.61. The van der Waals surface area contributed by atoms with Crippen molar-refractivity contribution < 1.29 is 19.1 Å². The molecule has 0 unspecified atom stereocenters. The normalized spacial score (nSPS) is 18.8. The van der Waals surface area contributed by atoms with Gasteiger partial charge in [-0.2, -0.15) is 0 Å². The molecule has 1 aliphatic carbocycles. The number of ketones is 2. The molecule has 4 heteroatoms. The van der Waals surface area contributed by atoms with Crippen molar-refractivity contribution in [2.45, 2.75) is 33.6 Å². The lowest BCUT2D eigenvalue weighted by atomic mass is 9.69. The molecule has 0 amide bonds. The van der Waals surface area contributed by atoms with Crippen LogP contribution in [0.1, 0.15) is 39.2 Å². The smallest absolute Gasteiger partial charge is 0.335 e. The first kappa shape index (κ1) is 17.1. The van der Waals surface area contributed by atoms with Crippen molar-refractivity contribution in [3.8, 4) is 0 Å². The van der Waals surface area contributed by atoms with Crippen molar-refractivity contribution in [1.29, 1.82) is 0 Å². The highest BCUT2D eigenvalue weighted by Gasteiger charge is 2.43. The van der Waals surface area contributed by atoms with Crippen LogP contribution in [0.2, 0.25) is 0 Å². The molecule has 1 saturated carbocycles. The van der Waals surface area contributed by atoms with Crippen LogP contribution >= 0.6 is 0 Å². The van der Waals surface area contributed by atoms with E-state index in [4.69, 9.17) is 4.74 Å². The fourth-order valence-corrected chi connectivity index (χ4v) is 2.94. The molecule has 0 aliphatic heterocycles. The Labute approximate surface area is 136 Å². The van der Waals surface area contributed by atoms with Crippen LogP contribution < -0.4 is 0 Å². The van der Waals surface area contributed by atoms with E-state index in [1.54, 1.807) is 13.0 Å². The van der Waals surface area contributed by atoms with Crippen LogP contribution in [-0.4, -0.2) is 24.1 Å². The van der Waals surface area contributed by atoms with Gasteiger partial charge in [0.1, 0.15) is 17.5 Å². The molecular formula is C19H22O4. The van der Waals surface area contributed by atoms with E-state index in [0.29, 0.717) is 0 Å². The summed E-state index contributed by atoms with van der Waals surface area (Å²) < 4.78 is 5.07. The highest BCUT2D eigenvalue weighted by molar-refractivity contribution is 6.15. The first-order valence-corrected chi connectivity index (χ1v) is 7.83. The Kier molecular flexibility index (Phi) is 5.14. The largest absolute Gasteiger partial charge is 0.463 e. The highest BCUT2D eigenvalue weighted by Crippen LogP contribution is 2.37. The van der Waals surface area contributed by atoms with Crippen LogP contribution in [0.5, 0.6) is 0 Å². The van der Waals surface area contributed by atoms with Crippen molar-refractivity contribution in [3.63, 3.8) is 0 Å². The van der Waals surface area contributed by atoms with Gasteiger partial charge in [-0.3, -0.25) is 9.59 Å². The molecule has 1 fully saturated rings. The van der Waals surface area contributed by atoms with Crippen molar-refractivity contribution >= 4 is 23.6 Å². The van der Waals surface area contributed by atoms with Gasteiger partial charge in [-0.1, -0.05) is 44.2 Å². The van der Waals surface area contributed by atoms with Gasteiger partial charge in [-0.05, 0) is 24.0 Å². The Morgan fingerprint density at radius 2 is 1.74 bits per heavy atom. The molecular weight excluding hydrogens is 292 g/mol. The lowest BCUT2D eigenvalue weighted by molar-refractivity contribution is -0.145. The molecule has 0 saturated heterocycles. The molecule has 2 rings (SSSR count). The van der Waals surface area contributed by atoms with Gasteiger partial charge < -0.3 is 4.74 Å². The minimum absolute atomic E-state index is 0.142. The maximum atomic E-state index is 12.5. The summed E-state index contributed by atoms with van der Waals surface area (Å²) in [7, 11) is 0. The minimum atomic E-state index is -1.01. The molecule has 0 N–H and O–H groups in total. The predicted molar refractivity (Wildman–Crippen MR) is 87.6 cm³/mol. The standard InChI is InChI=1S/C19H22O4/c1-4-23-18(22)14(10-13-8-6-5-7-9-13)17-15(20)11-19(2,3)12-16(17)21/h5-10,17H,4,11-12H2,1-3H3/b14-10-. The Morgan fingerprint density at radius 3 is 2.26 bits per heavy atom. The zero-order valence-corrected chi connectivity index (χ0v) is 13.8. The summed E-state index contributed by atoms with van der Waals surface area (Å²) in [5.41, 5.74) is 0.557. The summed E-state index contributed by atoms with van der Waals surface area (Å²) in [5.74, 6) is -2.02. The molecule has 0 aromatic heterocycles. The van der Waals surface area contributed by atoms with Gasteiger partial charge in [0.05, 0.1) is 12.2 Å². The van der Waals surface area contributed by atoms with Gasteiger partial charge in [-0.25, -0.2) is 4.79 Å². The average molecular weight is 314 g/mol. The Morgan fingerprint density at radius 1 is 1.17 bits per heavy atom. The van der Waals surface area contributed by atoms with Crippen LogP contribution in [0.4, 0.5) is 0 Å². The lowest BCUT2D eigenvalue weighted by Crippen LogP contribution is -2.40. The van der Waals surface area contributed by atoms with E-state index in [2.05, 4.69) is 0 Å². The molecule has 0 spiro atoms. The summed E-state index contributed by atoms with van der Waals surface area (Å²) >= 11 is 0. The molecule has 23 heavy (non-hydrogen) atoms. The number of benzene rings is 1. The zero-order chi connectivity index (χ0) is 17.0. The topological polar surface area (TPSA) is 60.4 Å². The summed E-state index contributed by atoms with van der Waals surface area (Å²) in [6.45, 7) is 5.69. The fourth-order valence-electron chi connectivity index (χ4n) is 2.94. The summed E-state index contributed by atoms with van der Waals surface area (Å²) in [6.07, 6.45) is 2.17. The van der Waals surface area contributed by atoms with Crippen LogP contribution in [0.3, 0.4) is 0 Å². The number of esters is 1. The van der Waals surface area contributed by atoms with Crippen LogP contribution in [0.15, 0.2) is 35.9 Å². The van der Waals surface area contributed by atoms with E-state index in [1.807, 2.05) is 44.2 Å². The van der Waals surface area contributed by atoms with Gasteiger partial charge in [0.25, 0.3) is 0 Å². The number of rotatable bonds is 4. The van der Waals surface area contributed by atoms with Crippen LogP contribution in [0.25, 0.3) is 6.08 Å². The monoisotopic (exact) mass is 314 g/mol. The van der Waals surface area contributed by atoms with Crippen molar-refractivity contribution in [2.24, 2.45) is 11.3 Å². The van der Waals surface area contributed by atoms with E-state index >= 15 is 0 Å². The quantitative estimate of drug-likeness (QED) is 0.486. The van der Waals surface area contributed by atoms with Gasteiger partial charge in [0.2, 0.25) is 0 Å². The molecule has 1 aromatic carbocycles. The van der Waals surface area contributed by atoms with Gasteiger partial charge >= 0.3 is 5.97 Å². The summed E-state index contributed by atoms with van der Waals surface area (Å²) in [5, 5.41) is 0. The lowest BCUT2D eigenvalue weighted by Gasteiger charge is -2.32. The second kappa shape index (κ2) is 6.90. The number of ether oxygens (including phenoxy) is 1. The van der Waals surface area contributed by atoms with E-state index in [0.717, 1.165) is 5.56 Å². The minimum Gasteiger partial charge on any atom is -0.463 e. The number of carbonyl (C=O) groups is 3. The third-order valence-electron chi connectivity index (χ3n) is 3.89. The first-order chi connectivity index (χ1) is 10.8. The maximum Gasteiger partial charge on any atom is 0.335 e. The van der Waals surface area contributed by atoms with E-state index < -0.39 is 11.9 Å². The van der Waals surface area contributed by atoms with E-state index in [1.165, 1.54) is 0 Å². The molecule has 4 nitrogen and oxygen atoms in total. The molecule has 122 valence electrons. The molecule has 1 aliphatic rings. The van der Waals surface area contributed by atoms with Crippen molar-refractivity contribution in [2.75, 3.05) is 6.61 Å². The average Bonchev–Trinajstić information content (AvgIpc) is 2.45. The number of hydrogen-bond donors (Lipinski definition) is 0. The van der Waals surface area contributed by atoms with Crippen molar-refractivity contribution in [1.82, 2.24) is 0 Å². The second-order valence-corrected chi connectivity index (χ2v) is 6.61. The van der Waals surface area contributed by atoms with Gasteiger partial charge in [0, 0.05) is 12.8 Å². The number of hydrogen-bond acceptors (Lipinski definition) is 4. The summed E-state index contributed by atoms with van der Waals surface area (Å²) in [6, 6.07) is 9.17. The van der Waals surface area contributed by atoms with Gasteiger partial charge in [-0.15, -0.1) is 0 Å². The van der Waals surface area contributed by atoms with E-state index in [-0.39, 0.29) is 42.0 Å². The number of carbonyl (C=O) groups excluding carboxylic acids is 3. The highest BCUT2D eigenvalue weighted by atomic mass is 16.5. The van der Waals surface area contributed by atoms with E-state index in [9.17, 15) is 14.4 Å².